The Morgan fingerprint density at radius 3 is 2.74 bits per heavy atom. The van der Waals surface area contributed by atoms with E-state index in [4.69, 9.17) is 0 Å². The summed E-state index contributed by atoms with van der Waals surface area (Å²) in [6.07, 6.45) is 5.10. The van der Waals surface area contributed by atoms with Gasteiger partial charge in [-0.1, -0.05) is 26.0 Å². The first-order valence-corrected chi connectivity index (χ1v) is 8.24. The van der Waals surface area contributed by atoms with E-state index < -0.39 is 0 Å². The molecule has 1 aromatic carbocycles. The third-order valence-corrected chi connectivity index (χ3v) is 4.13. The minimum Gasteiger partial charge on any atom is -0.378 e. The lowest BCUT2D eigenvalue weighted by molar-refractivity contribution is 0.327. The number of benzene rings is 1. The molecule has 0 saturated heterocycles. The van der Waals surface area contributed by atoms with E-state index in [9.17, 15) is 0 Å². The Morgan fingerprint density at radius 2 is 2.04 bits per heavy atom. The third-order valence-electron chi connectivity index (χ3n) is 3.33. The van der Waals surface area contributed by atoms with Crippen molar-refractivity contribution in [1.29, 1.82) is 0 Å². The van der Waals surface area contributed by atoms with Gasteiger partial charge in [-0.2, -0.15) is 0 Å². The van der Waals surface area contributed by atoms with E-state index in [0.717, 1.165) is 33.4 Å². The molecule has 0 fully saturated rings. The van der Waals surface area contributed by atoms with Crippen LogP contribution in [0.2, 0.25) is 0 Å². The summed E-state index contributed by atoms with van der Waals surface area (Å²) in [5.41, 5.74) is 3.88. The molecule has 7 heteroatoms. The number of hydrogen-bond donors (Lipinski definition) is 1. The number of aromatic nitrogens is 5. The average molecular weight is 375 g/mol. The summed E-state index contributed by atoms with van der Waals surface area (Å²) in [5, 5.41) is 12.0. The number of hydrogen-bond acceptors (Lipinski definition) is 5. The van der Waals surface area contributed by atoms with Crippen LogP contribution in [0.25, 0.3) is 11.0 Å². The van der Waals surface area contributed by atoms with Gasteiger partial charge < -0.3 is 5.32 Å². The van der Waals surface area contributed by atoms with Crippen molar-refractivity contribution in [2.24, 2.45) is 5.41 Å². The van der Waals surface area contributed by atoms with Crippen molar-refractivity contribution in [2.75, 3.05) is 5.32 Å². The standard InChI is InChI=1S/C16H19BrN6/c1-16(2,3)10-23-13-5-4-12(14(17)15(13)21-22-23)20-9-11-8-18-6-7-19-11/h4-8,20H,9-10H2,1-3H3. The number of fused-ring (bicyclic) bond motifs is 1. The van der Waals surface area contributed by atoms with Crippen molar-refractivity contribution < 1.29 is 0 Å². The van der Waals surface area contributed by atoms with Gasteiger partial charge in [-0.25, -0.2) is 4.68 Å². The Balaban J connectivity index is 1.85. The van der Waals surface area contributed by atoms with E-state index >= 15 is 0 Å². The van der Waals surface area contributed by atoms with Gasteiger partial charge in [-0.05, 0) is 33.5 Å². The van der Waals surface area contributed by atoms with E-state index in [1.165, 1.54) is 0 Å². The predicted octanol–water partition coefficient (Wildman–Crippen LogP) is 3.64. The molecule has 0 atom stereocenters. The van der Waals surface area contributed by atoms with Gasteiger partial charge >= 0.3 is 0 Å². The van der Waals surface area contributed by atoms with Crippen LogP contribution in [0.5, 0.6) is 0 Å². The van der Waals surface area contributed by atoms with Crippen LogP contribution in [0.15, 0.2) is 35.2 Å². The molecule has 0 aliphatic rings. The Hall–Kier alpha value is -2.02. The SMILES string of the molecule is CC(C)(C)Cn1nnc2c(Br)c(NCc3cnccn3)ccc21. The number of nitrogens with zero attached hydrogens (tertiary/aromatic N) is 5. The maximum absolute atomic E-state index is 4.32. The summed E-state index contributed by atoms with van der Waals surface area (Å²) < 4.78 is 2.87. The van der Waals surface area contributed by atoms with Gasteiger partial charge in [0.1, 0.15) is 5.52 Å². The van der Waals surface area contributed by atoms with Crippen LogP contribution >= 0.6 is 15.9 Å². The molecule has 6 nitrogen and oxygen atoms in total. The zero-order valence-corrected chi connectivity index (χ0v) is 15.0. The highest BCUT2D eigenvalue weighted by Crippen LogP contribution is 2.31. The van der Waals surface area contributed by atoms with Crippen molar-refractivity contribution in [3.8, 4) is 0 Å². The number of halogens is 1. The quantitative estimate of drug-likeness (QED) is 0.754. The molecule has 120 valence electrons. The van der Waals surface area contributed by atoms with Gasteiger partial charge in [-0.3, -0.25) is 9.97 Å². The maximum Gasteiger partial charge on any atom is 0.129 e. The number of nitrogens with one attached hydrogen (secondary N) is 1. The molecule has 3 aromatic rings. The highest BCUT2D eigenvalue weighted by molar-refractivity contribution is 9.10. The second-order valence-corrected chi connectivity index (χ2v) is 7.45. The van der Waals surface area contributed by atoms with Crippen LogP contribution in [-0.2, 0) is 13.1 Å². The van der Waals surface area contributed by atoms with E-state index in [0.29, 0.717) is 6.54 Å². The van der Waals surface area contributed by atoms with E-state index in [-0.39, 0.29) is 5.41 Å². The maximum atomic E-state index is 4.32. The van der Waals surface area contributed by atoms with E-state index in [2.05, 4.69) is 62.3 Å². The summed E-state index contributed by atoms with van der Waals surface area (Å²) in [4.78, 5) is 8.32. The first-order chi connectivity index (χ1) is 10.9. The van der Waals surface area contributed by atoms with Gasteiger partial charge in [0.15, 0.2) is 0 Å². The first kappa shape index (κ1) is 15.9. The molecule has 0 aliphatic carbocycles. The minimum absolute atomic E-state index is 0.149. The van der Waals surface area contributed by atoms with Gasteiger partial charge in [0.2, 0.25) is 0 Å². The van der Waals surface area contributed by atoms with Crippen molar-refractivity contribution in [3.63, 3.8) is 0 Å². The lowest BCUT2D eigenvalue weighted by Crippen LogP contribution is -2.16. The molecule has 2 heterocycles. The second-order valence-electron chi connectivity index (χ2n) is 6.65. The number of anilines is 1. The molecule has 0 amide bonds. The van der Waals surface area contributed by atoms with Crippen molar-refractivity contribution in [2.45, 2.75) is 33.9 Å². The molecule has 0 spiro atoms. The van der Waals surface area contributed by atoms with E-state index in [1.807, 2.05) is 16.8 Å². The molecule has 0 unspecified atom stereocenters. The Labute approximate surface area is 143 Å². The van der Waals surface area contributed by atoms with Gasteiger partial charge in [0, 0.05) is 18.9 Å². The highest BCUT2D eigenvalue weighted by atomic mass is 79.9. The largest absolute Gasteiger partial charge is 0.378 e. The molecule has 0 radical (unpaired) electrons. The lowest BCUT2D eigenvalue weighted by Gasteiger charge is -2.18. The molecular formula is C16H19BrN6. The summed E-state index contributed by atoms with van der Waals surface area (Å²) in [5.74, 6) is 0. The molecule has 23 heavy (non-hydrogen) atoms. The topological polar surface area (TPSA) is 68.5 Å². The molecular weight excluding hydrogens is 356 g/mol. The van der Waals surface area contributed by atoms with Crippen LogP contribution in [0.3, 0.4) is 0 Å². The first-order valence-electron chi connectivity index (χ1n) is 7.44. The monoisotopic (exact) mass is 374 g/mol. The Bertz CT molecular complexity index is 807. The fraction of sp³-hybridized carbons (Fsp3) is 0.375. The average Bonchev–Trinajstić information content (AvgIpc) is 2.89. The lowest BCUT2D eigenvalue weighted by atomic mass is 9.97. The van der Waals surface area contributed by atoms with Crippen LogP contribution in [-0.4, -0.2) is 25.0 Å². The smallest absolute Gasteiger partial charge is 0.129 e. The summed E-state index contributed by atoms with van der Waals surface area (Å²) in [7, 11) is 0. The van der Waals surface area contributed by atoms with Gasteiger partial charge in [0.25, 0.3) is 0 Å². The molecule has 1 N–H and O–H groups in total. The number of rotatable bonds is 4. The third kappa shape index (κ3) is 3.67. The fourth-order valence-corrected chi connectivity index (χ4v) is 2.87. The molecule has 0 aliphatic heterocycles. The van der Waals surface area contributed by atoms with Crippen LogP contribution in [0.4, 0.5) is 5.69 Å². The van der Waals surface area contributed by atoms with Crippen molar-refractivity contribution >= 4 is 32.7 Å². The van der Waals surface area contributed by atoms with Crippen LogP contribution in [0, 0.1) is 5.41 Å². The molecule has 3 rings (SSSR count). The summed E-state index contributed by atoms with van der Waals surface area (Å²) in [6, 6.07) is 4.08. The zero-order valence-electron chi connectivity index (χ0n) is 13.4. The summed E-state index contributed by atoms with van der Waals surface area (Å²) in [6.45, 7) is 7.99. The molecule has 0 bridgehead atoms. The Kier molecular flexibility index (Phi) is 4.30. The zero-order chi connectivity index (χ0) is 16.4. The van der Waals surface area contributed by atoms with Gasteiger partial charge in [-0.15, -0.1) is 5.10 Å². The van der Waals surface area contributed by atoms with Gasteiger partial charge in [0.05, 0.1) is 34.1 Å². The summed E-state index contributed by atoms with van der Waals surface area (Å²) >= 11 is 3.63. The minimum atomic E-state index is 0.149. The molecule has 0 saturated carbocycles. The van der Waals surface area contributed by atoms with Crippen molar-refractivity contribution in [1.82, 2.24) is 25.0 Å². The second kappa shape index (κ2) is 6.23. The predicted molar refractivity (Wildman–Crippen MR) is 94.0 cm³/mol. The highest BCUT2D eigenvalue weighted by Gasteiger charge is 2.17. The van der Waals surface area contributed by atoms with Crippen LogP contribution < -0.4 is 5.32 Å². The van der Waals surface area contributed by atoms with Crippen LogP contribution in [0.1, 0.15) is 26.5 Å². The van der Waals surface area contributed by atoms with Crippen molar-refractivity contribution in [3.05, 3.63) is 40.9 Å². The Morgan fingerprint density at radius 1 is 1.22 bits per heavy atom. The molecule has 2 aromatic heterocycles. The van der Waals surface area contributed by atoms with E-state index in [1.54, 1.807) is 18.6 Å². The fourth-order valence-electron chi connectivity index (χ4n) is 2.31. The normalized spacial score (nSPS) is 11.8.